The molecular formula is C27H32N2O5S. The Morgan fingerprint density at radius 2 is 1.43 bits per heavy atom. The second-order valence-electron chi connectivity index (χ2n) is 8.47. The molecule has 0 bridgehead atoms. The Morgan fingerprint density at radius 3 is 2.09 bits per heavy atom. The van der Waals surface area contributed by atoms with Crippen LogP contribution in [0, 0.1) is 0 Å². The summed E-state index contributed by atoms with van der Waals surface area (Å²) in [5, 5.41) is 0. The van der Waals surface area contributed by atoms with E-state index in [0.717, 1.165) is 30.9 Å². The van der Waals surface area contributed by atoms with Gasteiger partial charge in [0, 0.05) is 37.3 Å². The van der Waals surface area contributed by atoms with Gasteiger partial charge in [0.2, 0.25) is 0 Å². The van der Waals surface area contributed by atoms with Crippen LogP contribution in [0.25, 0.3) is 0 Å². The first kappa shape index (κ1) is 24.9. The summed E-state index contributed by atoms with van der Waals surface area (Å²) in [6.45, 7) is 2.31. The molecule has 1 fully saturated rings. The van der Waals surface area contributed by atoms with Crippen LogP contribution < -0.4 is 18.5 Å². The minimum Gasteiger partial charge on any atom is -0.496 e. The zero-order chi connectivity index (χ0) is 24.8. The third-order valence-electron chi connectivity index (χ3n) is 6.40. The molecule has 4 rings (SSSR count). The standard InChI is InChI=1S/C27H32N2O5S/c1-32-25-12-8-7-9-21(25)20-28-17-15-22(16-18-28)29(35(30,31)24-10-5-4-6-11-24)23-13-14-26(33-2)27(19-23)34-3/h4-14,19,22H,15-18,20H2,1-3H3. The van der Waals surface area contributed by atoms with Crippen molar-refractivity contribution in [3.8, 4) is 17.2 Å². The maximum Gasteiger partial charge on any atom is 0.264 e. The zero-order valence-corrected chi connectivity index (χ0v) is 21.2. The highest BCUT2D eigenvalue weighted by atomic mass is 32.2. The molecule has 0 aromatic heterocycles. The molecule has 0 aliphatic carbocycles. The number of benzene rings is 3. The summed E-state index contributed by atoms with van der Waals surface area (Å²) < 4.78 is 45.6. The summed E-state index contributed by atoms with van der Waals surface area (Å²) in [5.74, 6) is 1.92. The minimum atomic E-state index is -3.79. The van der Waals surface area contributed by atoms with Gasteiger partial charge in [0.05, 0.1) is 31.9 Å². The van der Waals surface area contributed by atoms with Crippen LogP contribution in [0.1, 0.15) is 18.4 Å². The Labute approximate surface area is 207 Å². The number of methoxy groups -OCH3 is 3. The lowest BCUT2D eigenvalue weighted by Crippen LogP contribution is -2.47. The molecule has 7 nitrogen and oxygen atoms in total. The van der Waals surface area contributed by atoms with Gasteiger partial charge in [0.25, 0.3) is 10.0 Å². The number of hydrogen-bond donors (Lipinski definition) is 0. The Kier molecular flexibility index (Phi) is 7.83. The first-order valence-corrected chi connectivity index (χ1v) is 13.1. The van der Waals surface area contributed by atoms with E-state index in [9.17, 15) is 8.42 Å². The SMILES string of the molecule is COc1ccccc1CN1CCC(N(c2ccc(OC)c(OC)c2)S(=O)(=O)c2ccccc2)CC1. The quantitative estimate of drug-likeness (QED) is 0.432. The fraction of sp³-hybridized carbons (Fsp3) is 0.333. The van der Waals surface area contributed by atoms with Crippen LogP contribution in [0.4, 0.5) is 5.69 Å². The van der Waals surface area contributed by atoms with Crippen molar-refractivity contribution in [2.24, 2.45) is 0 Å². The maximum absolute atomic E-state index is 13.9. The first-order valence-electron chi connectivity index (χ1n) is 11.6. The van der Waals surface area contributed by atoms with Crippen molar-refractivity contribution in [3.05, 3.63) is 78.4 Å². The molecule has 1 aliphatic rings. The van der Waals surface area contributed by atoms with Crippen molar-refractivity contribution in [1.29, 1.82) is 0 Å². The Bertz CT molecular complexity index is 1230. The first-order chi connectivity index (χ1) is 17.0. The number of piperidine rings is 1. The second-order valence-corrected chi connectivity index (χ2v) is 10.3. The van der Waals surface area contributed by atoms with Crippen LogP contribution in [0.15, 0.2) is 77.7 Å². The Morgan fingerprint density at radius 1 is 0.800 bits per heavy atom. The molecule has 0 atom stereocenters. The van der Waals surface area contributed by atoms with E-state index in [1.54, 1.807) is 68.1 Å². The van der Waals surface area contributed by atoms with Crippen LogP contribution >= 0.6 is 0 Å². The Hall–Kier alpha value is -3.23. The molecule has 8 heteroatoms. The van der Waals surface area contributed by atoms with E-state index >= 15 is 0 Å². The highest BCUT2D eigenvalue weighted by Gasteiger charge is 2.34. The number of rotatable bonds is 9. The highest BCUT2D eigenvalue weighted by Crippen LogP contribution is 2.37. The summed E-state index contributed by atoms with van der Waals surface area (Å²) >= 11 is 0. The topological polar surface area (TPSA) is 68.3 Å². The summed E-state index contributed by atoms with van der Waals surface area (Å²) in [5.41, 5.74) is 1.69. The van der Waals surface area contributed by atoms with Gasteiger partial charge in [-0.2, -0.15) is 0 Å². The van der Waals surface area contributed by atoms with E-state index in [0.29, 0.717) is 30.0 Å². The largest absolute Gasteiger partial charge is 0.496 e. The van der Waals surface area contributed by atoms with E-state index in [2.05, 4.69) is 11.0 Å². The number of nitrogens with zero attached hydrogens (tertiary/aromatic N) is 2. The summed E-state index contributed by atoms with van der Waals surface area (Å²) in [4.78, 5) is 2.61. The Balaban J connectivity index is 1.62. The maximum atomic E-state index is 13.9. The van der Waals surface area contributed by atoms with Gasteiger partial charge in [-0.25, -0.2) is 8.42 Å². The lowest BCUT2D eigenvalue weighted by atomic mass is 10.0. The van der Waals surface area contributed by atoms with Crippen molar-refractivity contribution in [2.75, 3.05) is 38.7 Å². The number of likely N-dealkylation sites (tertiary alicyclic amines) is 1. The van der Waals surface area contributed by atoms with E-state index < -0.39 is 10.0 Å². The van der Waals surface area contributed by atoms with E-state index in [4.69, 9.17) is 14.2 Å². The normalized spacial score (nSPS) is 14.9. The lowest BCUT2D eigenvalue weighted by molar-refractivity contribution is 0.204. The summed E-state index contributed by atoms with van der Waals surface area (Å²) in [6.07, 6.45) is 1.41. The molecular weight excluding hydrogens is 464 g/mol. The van der Waals surface area contributed by atoms with E-state index in [-0.39, 0.29) is 10.9 Å². The third kappa shape index (κ3) is 5.39. The van der Waals surface area contributed by atoms with Crippen molar-refractivity contribution in [3.63, 3.8) is 0 Å². The average Bonchev–Trinajstić information content (AvgIpc) is 2.90. The van der Waals surface area contributed by atoms with E-state index in [1.807, 2.05) is 24.3 Å². The third-order valence-corrected chi connectivity index (χ3v) is 8.29. The van der Waals surface area contributed by atoms with Crippen LogP contribution in [-0.2, 0) is 16.6 Å². The molecule has 0 spiro atoms. The van der Waals surface area contributed by atoms with Gasteiger partial charge in [0.1, 0.15) is 5.75 Å². The van der Waals surface area contributed by atoms with Gasteiger partial charge in [-0.15, -0.1) is 0 Å². The van der Waals surface area contributed by atoms with Gasteiger partial charge >= 0.3 is 0 Å². The van der Waals surface area contributed by atoms with Crippen LogP contribution in [0.3, 0.4) is 0 Å². The number of sulfonamides is 1. The molecule has 3 aromatic carbocycles. The molecule has 1 heterocycles. The number of anilines is 1. The predicted octanol–water partition coefficient (Wildman–Crippen LogP) is 4.57. The fourth-order valence-electron chi connectivity index (χ4n) is 4.60. The van der Waals surface area contributed by atoms with Crippen LogP contribution in [0.5, 0.6) is 17.2 Å². The molecule has 35 heavy (non-hydrogen) atoms. The monoisotopic (exact) mass is 496 g/mol. The molecule has 3 aromatic rings. The van der Waals surface area contributed by atoms with Gasteiger partial charge in [-0.05, 0) is 43.2 Å². The van der Waals surface area contributed by atoms with Crippen molar-refractivity contribution in [1.82, 2.24) is 4.90 Å². The average molecular weight is 497 g/mol. The molecule has 1 aliphatic heterocycles. The molecule has 1 saturated heterocycles. The predicted molar refractivity (Wildman–Crippen MR) is 137 cm³/mol. The number of hydrogen-bond acceptors (Lipinski definition) is 6. The molecule has 0 unspecified atom stereocenters. The lowest BCUT2D eigenvalue weighted by Gasteiger charge is -2.39. The van der Waals surface area contributed by atoms with Crippen molar-refractivity contribution >= 4 is 15.7 Å². The van der Waals surface area contributed by atoms with E-state index in [1.165, 1.54) is 0 Å². The summed E-state index contributed by atoms with van der Waals surface area (Å²) in [6, 6.07) is 21.7. The van der Waals surface area contributed by atoms with Crippen LogP contribution in [-0.4, -0.2) is 53.8 Å². The molecule has 0 saturated carbocycles. The molecule has 186 valence electrons. The smallest absolute Gasteiger partial charge is 0.264 e. The molecule has 0 amide bonds. The number of ether oxygens (including phenoxy) is 3. The van der Waals surface area contributed by atoms with Gasteiger partial charge < -0.3 is 14.2 Å². The zero-order valence-electron chi connectivity index (χ0n) is 20.4. The van der Waals surface area contributed by atoms with Crippen LogP contribution in [0.2, 0.25) is 0 Å². The highest BCUT2D eigenvalue weighted by molar-refractivity contribution is 7.92. The molecule has 0 N–H and O–H groups in total. The number of para-hydroxylation sites is 1. The van der Waals surface area contributed by atoms with Gasteiger partial charge in [-0.3, -0.25) is 9.21 Å². The summed E-state index contributed by atoms with van der Waals surface area (Å²) in [7, 11) is 1.01. The van der Waals surface area contributed by atoms with Crippen molar-refractivity contribution < 1.29 is 22.6 Å². The minimum absolute atomic E-state index is 0.188. The molecule has 0 radical (unpaired) electrons. The second kappa shape index (κ2) is 11.0. The van der Waals surface area contributed by atoms with Crippen molar-refractivity contribution in [2.45, 2.75) is 30.3 Å². The fourth-order valence-corrected chi connectivity index (χ4v) is 6.32. The van der Waals surface area contributed by atoms with Gasteiger partial charge in [-0.1, -0.05) is 36.4 Å². The van der Waals surface area contributed by atoms with Gasteiger partial charge in [0.15, 0.2) is 11.5 Å².